The molecule has 9 nitrogen and oxygen atoms in total. The predicted octanol–water partition coefficient (Wildman–Crippen LogP) is 1.80. The number of nitrogens with zero attached hydrogens (tertiary/aromatic N) is 1. The zero-order valence-electron chi connectivity index (χ0n) is 17.4. The van der Waals surface area contributed by atoms with Crippen molar-refractivity contribution in [2.45, 2.75) is 44.2 Å². The van der Waals surface area contributed by atoms with E-state index in [-0.39, 0.29) is 17.9 Å². The van der Waals surface area contributed by atoms with E-state index >= 15 is 0 Å². The summed E-state index contributed by atoms with van der Waals surface area (Å²) in [6.07, 6.45) is -0.0484. The van der Waals surface area contributed by atoms with Gasteiger partial charge in [0.25, 0.3) is 5.56 Å². The number of sulfonamides is 1. The fraction of sp³-hybridized carbons (Fsp3) is 0.286. The van der Waals surface area contributed by atoms with Crippen LogP contribution in [0.2, 0.25) is 0 Å². The molecule has 1 aromatic heterocycles. The van der Waals surface area contributed by atoms with Gasteiger partial charge in [0.15, 0.2) is 0 Å². The van der Waals surface area contributed by atoms with Crippen molar-refractivity contribution in [3.8, 4) is 0 Å². The van der Waals surface area contributed by atoms with Gasteiger partial charge in [0.1, 0.15) is 0 Å². The van der Waals surface area contributed by atoms with Gasteiger partial charge in [-0.05, 0) is 51.1 Å². The quantitative estimate of drug-likeness (QED) is 0.534. The molecule has 1 amide bonds. The Kier molecular flexibility index (Phi) is 6.14. The number of hydrogen-bond acceptors (Lipinski definition) is 5. The first-order chi connectivity index (χ1) is 14.5. The molecule has 0 saturated heterocycles. The van der Waals surface area contributed by atoms with Crippen LogP contribution in [0.1, 0.15) is 27.2 Å². The number of rotatable bonds is 6. The first-order valence-corrected chi connectivity index (χ1v) is 11.1. The first kappa shape index (κ1) is 22.4. The molecule has 0 bridgehead atoms. The molecule has 3 rings (SSSR count). The molecule has 1 heterocycles. The van der Waals surface area contributed by atoms with Crippen LogP contribution in [0.4, 0.5) is 5.69 Å². The second-order valence-corrected chi connectivity index (χ2v) is 9.79. The number of fused-ring (bicyclic) bond motifs is 1. The molecule has 164 valence electrons. The summed E-state index contributed by atoms with van der Waals surface area (Å²) in [6.45, 7) is 5.25. The first-order valence-electron chi connectivity index (χ1n) is 9.62. The lowest BCUT2D eigenvalue weighted by molar-refractivity contribution is -0.116. The number of amides is 1. The Labute approximate surface area is 179 Å². The normalized spacial score (nSPS) is 12.1. The van der Waals surface area contributed by atoms with Crippen LogP contribution < -0.4 is 21.3 Å². The average molecular weight is 445 g/mol. The summed E-state index contributed by atoms with van der Waals surface area (Å²) in [4.78, 5) is 38.8. The minimum Gasteiger partial charge on any atom is -0.326 e. The summed E-state index contributed by atoms with van der Waals surface area (Å²) in [5.41, 5.74) is -0.975. The largest absolute Gasteiger partial charge is 0.328 e. The number of hydrogen-bond donors (Lipinski definition) is 3. The highest BCUT2D eigenvalue weighted by molar-refractivity contribution is 7.89. The number of nitrogens with one attached hydrogen (secondary N) is 3. The lowest BCUT2D eigenvalue weighted by Crippen LogP contribution is -2.40. The van der Waals surface area contributed by atoms with E-state index < -0.39 is 32.7 Å². The van der Waals surface area contributed by atoms with Crippen molar-refractivity contribution < 1.29 is 13.2 Å². The number of carbonyl (C=O) groups excluding carboxylic acids is 1. The molecule has 0 aliphatic heterocycles. The van der Waals surface area contributed by atoms with Crippen LogP contribution in [0, 0.1) is 0 Å². The number of carbonyl (C=O) groups is 1. The number of aryl methyl sites for hydroxylation is 1. The van der Waals surface area contributed by atoms with Crippen molar-refractivity contribution in [2.24, 2.45) is 0 Å². The molecule has 3 N–H and O–H groups in total. The van der Waals surface area contributed by atoms with Gasteiger partial charge in [-0.3, -0.25) is 19.1 Å². The Morgan fingerprint density at radius 1 is 1.06 bits per heavy atom. The summed E-state index contributed by atoms with van der Waals surface area (Å²) >= 11 is 0. The number of para-hydroxylation sites is 1. The minimum atomic E-state index is -3.75. The van der Waals surface area contributed by atoms with Crippen LogP contribution in [0.3, 0.4) is 0 Å². The maximum Gasteiger partial charge on any atom is 0.328 e. The van der Waals surface area contributed by atoms with Crippen LogP contribution in [0.5, 0.6) is 0 Å². The Morgan fingerprint density at radius 2 is 1.77 bits per heavy atom. The molecule has 3 aromatic rings. The Bertz CT molecular complexity index is 1350. The van der Waals surface area contributed by atoms with Crippen LogP contribution in [-0.2, 0) is 21.4 Å². The number of aromatic amines is 1. The highest BCUT2D eigenvalue weighted by Crippen LogP contribution is 2.18. The van der Waals surface area contributed by atoms with Gasteiger partial charge in [0.05, 0.1) is 15.8 Å². The van der Waals surface area contributed by atoms with Gasteiger partial charge in [0, 0.05) is 24.2 Å². The molecular formula is C21H24N4O5S. The van der Waals surface area contributed by atoms with Gasteiger partial charge in [-0.25, -0.2) is 17.9 Å². The van der Waals surface area contributed by atoms with Gasteiger partial charge in [-0.15, -0.1) is 0 Å². The predicted molar refractivity (Wildman–Crippen MR) is 119 cm³/mol. The highest BCUT2D eigenvalue weighted by atomic mass is 32.2. The number of anilines is 1. The standard InChI is InChI=1S/C21H24N4O5S/c1-21(2,3)24-31(29,30)15-8-6-7-14(13-15)22-18(26)11-12-25-17-10-5-4-9-16(17)19(27)23-20(25)28/h4-10,13,24H,11-12H2,1-3H3,(H,22,26)(H,23,27,28). The maximum absolute atomic E-state index is 12.5. The lowest BCUT2D eigenvalue weighted by Gasteiger charge is -2.20. The van der Waals surface area contributed by atoms with Crippen molar-refractivity contribution in [3.05, 3.63) is 69.4 Å². The average Bonchev–Trinajstić information content (AvgIpc) is 2.66. The lowest BCUT2D eigenvalue weighted by atomic mass is 10.1. The maximum atomic E-state index is 12.5. The van der Waals surface area contributed by atoms with Gasteiger partial charge in [-0.1, -0.05) is 18.2 Å². The molecule has 0 radical (unpaired) electrons. The van der Waals surface area contributed by atoms with Crippen LogP contribution in [0.15, 0.2) is 63.0 Å². The third kappa shape index (κ3) is 5.47. The second-order valence-electron chi connectivity index (χ2n) is 8.11. The molecule has 0 saturated carbocycles. The molecule has 0 fully saturated rings. The summed E-state index contributed by atoms with van der Waals surface area (Å²) in [6, 6.07) is 12.6. The van der Waals surface area contributed by atoms with Crippen molar-refractivity contribution >= 4 is 32.5 Å². The fourth-order valence-corrected chi connectivity index (χ4v) is 4.57. The molecule has 0 atom stereocenters. The monoisotopic (exact) mass is 444 g/mol. The summed E-state index contributed by atoms with van der Waals surface area (Å²) in [5, 5.41) is 3.00. The molecule has 0 aliphatic carbocycles. The second kappa shape index (κ2) is 8.48. The van der Waals surface area contributed by atoms with Crippen molar-refractivity contribution in [1.29, 1.82) is 0 Å². The Morgan fingerprint density at radius 3 is 2.48 bits per heavy atom. The third-order valence-electron chi connectivity index (χ3n) is 4.34. The molecular weight excluding hydrogens is 420 g/mol. The van der Waals surface area contributed by atoms with E-state index in [1.165, 1.54) is 22.8 Å². The van der Waals surface area contributed by atoms with E-state index in [0.717, 1.165) is 0 Å². The Balaban J connectivity index is 1.75. The third-order valence-corrected chi connectivity index (χ3v) is 6.09. The highest BCUT2D eigenvalue weighted by Gasteiger charge is 2.22. The fourth-order valence-electron chi connectivity index (χ4n) is 3.10. The molecule has 2 aromatic carbocycles. The van der Waals surface area contributed by atoms with E-state index in [1.807, 2.05) is 0 Å². The summed E-state index contributed by atoms with van der Waals surface area (Å²) in [7, 11) is -3.75. The van der Waals surface area contributed by atoms with Gasteiger partial charge in [0.2, 0.25) is 15.9 Å². The van der Waals surface area contributed by atoms with Gasteiger partial charge < -0.3 is 5.32 Å². The summed E-state index contributed by atoms with van der Waals surface area (Å²) in [5.74, 6) is -0.402. The molecule has 10 heteroatoms. The van der Waals surface area contributed by atoms with E-state index in [4.69, 9.17) is 0 Å². The van der Waals surface area contributed by atoms with Crippen LogP contribution in [0.25, 0.3) is 10.9 Å². The smallest absolute Gasteiger partial charge is 0.326 e. The zero-order chi connectivity index (χ0) is 22.8. The van der Waals surface area contributed by atoms with E-state index in [2.05, 4.69) is 15.0 Å². The minimum absolute atomic E-state index is 0.0306. The van der Waals surface area contributed by atoms with E-state index in [0.29, 0.717) is 16.6 Å². The number of benzene rings is 2. The molecule has 0 unspecified atom stereocenters. The van der Waals surface area contributed by atoms with Gasteiger partial charge in [-0.2, -0.15) is 0 Å². The molecule has 0 aliphatic rings. The molecule has 0 spiro atoms. The summed E-state index contributed by atoms with van der Waals surface area (Å²) < 4.78 is 28.9. The van der Waals surface area contributed by atoms with E-state index in [9.17, 15) is 22.8 Å². The number of H-pyrrole nitrogens is 1. The number of aromatic nitrogens is 2. The molecule has 31 heavy (non-hydrogen) atoms. The topological polar surface area (TPSA) is 130 Å². The van der Waals surface area contributed by atoms with Crippen molar-refractivity contribution in [3.63, 3.8) is 0 Å². The van der Waals surface area contributed by atoms with Crippen LogP contribution in [-0.4, -0.2) is 29.4 Å². The van der Waals surface area contributed by atoms with Gasteiger partial charge >= 0.3 is 5.69 Å². The zero-order valence-corrected chi connectivity index (χ0v) is 18.2. The van der Waals surface area contributed by atoms with Crippen molar-refractivity contribution in [1.82, 2.24) is 14.3 Å². The Hall–Kier alpha value is -3.24. The van der Waals surface area contributed by atoms with E-state index in [1.54, 1.807) is 51.1 Å². The van der Waals surface area contributed by atoms with Crippen molar-refractivity contribution in [2.75, 3.05) is 5.32 Å². The SMILES string of the molecule is CC(C)(C)NS(=O)(=O)c1cccc(NC(=O)CCn2c(=O)[nH]c(=O)c3ccccc32)c1. The van der Waals surface area contributed by atoms with Crippen LogP contribution >= 0.6 is 0 Å².